The molecule has 1 saturated heterocycles. The van der Waals surface area contributed by atoms with Crippen molar-refractivity contribution in [1.82, 2.24) is 25.2 Å². The van der Waals surface area contributed by atoms with Gasteiger partial charge in [-0.3, -0.25) is 9.69 Å². The number of pyridine rings is 1. The SMILES string of the molecule is Cc1ncc(C(CNC(=O)c2cccc3nc(NCC4CC4)ccc23)N2CCOCC2)cn1. The molecule has 5 rings (SSSR count). The number of hydrogen-bond acceptors (Lipinski definition) is 7. The third-order valence-corrected chi connectivity index (χ3v) is 6.37. The van der Waals surface area contributed by atoms with Crippen molar-refractivity contribution in [3.8, 4) is 0 Å². The van der Waals surface area contributed by atoms with Crippen molar-refractivity contribution in [2.75, 3.05) is 44.7 Å². The molecular formula is C25H30N6O2. The first-order chi connectivity index (χ1) is 16.2. The van der Waals surface area contributed by atoms with Crippen LogP contribution in [0, 0.1) is 12.8 Å². The lowest BCUT2D eigenvalue weighted by Crippen LogP contribution is -2.44. The van der Waals surface area contributed by atoms with Gasteiger partial charge < -0.3 is 15.4 Å². The van der Waals surface area contributed by atoms with Crippen molar-refractivity contribution in [3.05, 3.63) is 59.7 Å². The first-order valence-corrected chi connectivity index (χ1v) is 11.7. The molecule has 8 nitrogen and oxygen atoms in total. The average molecular weight is 447 g/mol. The molecule has 3 aromatic rings. The monoisotopic (exact) mass is 446 g/mol. The number of benzene rings is 1. The Hall–Kier alpha value is -3.10. The standard InChI is InChI=1S/C25H30N6O2/c1-17-26-14-19(15-27-17)23(31-9-11-33-12-10-31)16-29-25(32)21-3-2-4-22-20(21)7-8-24(30-22)28-13-18-5-6-18/h2-4,7-8,14-15,18,23H,5-6,9-13,16H2,1H3,(H,28,30)(H,29,32). The normalized spacial score (nSPS) is 17.6. The summed E-state index contributed by atoms with van der Waals surface area (Å²) in [7, 11) is 0. The second-order valence-corrected chi connectivity index (χ2v) is 8.83. The molecular weight excluding hydrogens is 416 g/mol. The molecule has 2 aliphatic rings. The molecule has 1 aromatic carbocycles. The zero-order chi connectivity index (χ0) is 22.6. The van der Waals surface area contributed by atoms with E-state index in [9.17, 15) is 4.79 Å². The highest BCUT2D eigenvalue weighted by Crippen LogP contribution is 2.29. The van der Waals surface area contributed by atoms with Crippen molar-refractivity contribution in [3.63, 3.8) is 0 Å². The third kappa shape index (κ3) is 5.29. The second-order valence-electron chi connectivity index (χ2n) is 8.83. The number of morpholine rings is 1. The number of carbonyl (C=O) groups excluding carboxylic acids is 1. The van der Waals surface area contributed by atoms with Crippen LogP contribution in [0.5, 0.6) is 0 Å². The fourth-order valence-corrected chi connectivity index (χ4v) is 4.23. The zero-order valence-electron chi connectivity index (χ0n) is 19.0. The Labute approximate surface area is 193 Å². The quantitative estimate of drug-likeness (QED) is 0.550. The van der Waals surface area contributed by atoms with Gasteiger partial charge in [-0.05, 0) is 49.9 Å². The smallest absolute Gasteiger partial charge is 0.252 e. The summed E-state index contributed by atoms with van der Waals surface area (Å²) >= 11 is 0. The molecule has 8 heteroatoms. The Bertz CT molecular complexity index is 1110. The predicted molar refractivity (Wildman–Crippen MR) is 127 cm³/mol. The van der Waals surface area contributed by atoms with E-state index in [-0.39, 0.29) is 11.9 Å². The molecule has 0 bridgehead atoms. The van der Waals surface area contributed by atoms with Crippen LogP contribution in [-0.4, -0.2) is 65.2 Å². The summed E-state index contributed by atoms with van der Waals surface area (Å²) in [6.45, 7) is 6.29. The molecule has 1 atom stereocenters. The van der Waals surface area contributed by atoms with Crippen LogP contribution >= 0.6 is 0 Å². The van der Waals surface area contributed by atoms with E-state index < -0.39 is 0 Å². The minimum Gasteiger partial charge on any atom is -0.379 e. The number of nitrogens with zero attached hydrogens (tertiary/aromatic N) is 4. The summed E-state index contributed by atoms with van der Waals surface area (Å²) in [6, 6.07) is 9.64. The highest BCUT2D eigenvalue weighted by atomic mass is 16.5. The van der Waals surface area contributed by atoms with Crippen molar-refractivity contribution >= 4 is 22.6 Å². The summed E-state index contributed by atoms with van der Waals surface area (Å²) in [5.74, 6) is 2.27. The molecule has 2 aromatic heterocycles. The van der Waals surface area contributed by atoms with Crippen LogP contribution in [-0.2, 0) is 4.74 Å². The van der Waals surface area contributed by atoms with E-state index in [1.807, 2.05) is 49.6 Å². The van der Waals surface area contributed by atoms with Gasteiger partial charge >= 0.3 is 0 Å². The van der Waals surface area contributed by atoms with Crippen molar-refractivity contribution < 1.29 is 9.53 Å². The van der Waals surface area contributed by atoms with E-state index in [0.717, 1.165) is 53.7 Å². The van der Waals surface area contributed by atoms with Crippen LogP contribution in [0.15, 0.2) is 42.7 Å². The van der Waals surface area contributed by atoms with Crippen LogP contribution in [0.25, 0.3) is 10.9 Å². The van der Waals surface area contributed by atoms with Gasteiger partial charge in [-0.25, -0.2) is 15.0 Å². The Morgan fingerprint density at radius 2 is 1.94 bits per heavy atom. The van der Waals surface area contributed by atoms with Gasteiger partial charge in [0.05, 0.1) is 24.8 Å². The number of aromatic nitrogens is 3. The van der Waals surface area contributed by atoms with Gasteiger partial charge in [0.15, 0.2) is 0 Å². The number of anilines is 1. The van der Waals surface area contributed by atoms with Gasteiger partial charge in [-0.1, -0.05) is 6.07 Å². The second kappa shape index (κ2) is 9.80. The Morgan fingerprint density at radius 3 is 2.70 bits per heavy atom. The molecule has 2 fully saturated rings. The molecule has 0 spiro atoms. The lowest BCUT2D eigenvalue weighted by molar-refractivity contribution is 0.0161. The maximum atomic E-state index is 13.2. The molecule has 0 radical (unpaired) electrons. The molecule has 1 amide bonds. The molecule has 33 heavy (non-hydrogen) atoms. The number of carbonyl (C=O) groups is 1. The first kappa shape index (κ1) is 21.7. The summed E-state index contributed by atoms with van der Waals surface area (Å²) in [5, 5.41) is 7.41. The van der Waals surface area contributed by atoms with Gasteiger partial charge in [-0.15, -0.1) is 0 Å². The van der Waals surface area contributed by atoms with E-state index in [1.165, 1.54) is 12.8 Å². The van der Waals surface area contributed by atoms with Gasteiger partial charge in [0.2, 0.25) is 0 Å². The average Bonchev–Trinajstić information content (AvgIpc) is 3.68. The summed E-state index contributed by atoms with van der Waals surface area (Å²) in [5.41, 5.74) is 2.45. The topological polar surface area (TPSA) is 92.3 Å². The number of nitrogens with one attached hydrogen (secondary N) is 2. The lowest BCUT2D eigenvalue weighted by atomic mass is 10.1. The molecule has 1 aliphatic carbocycles. The minimum absolute atomic E-state index is 0.00946. The fraction of sp³-hybridized carbons (Fsp3) is 0.440. The van der Waals surface area contributed by atoms with E-state index in [2.05, 4.69) is 25.5 Å². The van der Waals surface area contributed by atoms with Crippen molar-refractivity contribution in [2.45, 2.75) is 25.8 Å². The summed E-state index contributed by atoms with van der Waals surface area (Å²) in [4.78, 5) is 29.0. The predicted octanol–water partition coefficient (Wildman–Crippen LogP) is 2.96. The number of fused-ring (bicyclic) bond motifs is 1. The van der Waals surface area contributed by atoms with E-state index in [0.29, 0.717) is 25.3 Å². The lowest BCUT2D eigenvalue weighted by Gasteiger charge is -2.34. The van der Waals surface area contributed by atoms with E-state index >= 15 is 0 Å². The van der Waals surface area contributed by atoms with Gasteiger partial charge in [0, 0.05) is 55.1 Å². The summed E-state index contributed by atoms with van der Waals surface area (Å²) in [6.07, 6.45) is 6.30. The minimum atomic E-state index is -0.104. The van der Waals surface area contributed by atoms with Gasteiger partial charge in [0.1, 0.15) is 11.6 Å². The summed E-state index contributed by atoms with van der Waals surface area (Å²) < 4.78 is 5.52. The van der Waals surface area contributed by atoms with Crippen molar-refractivity contribution in [2.24, 2.45) is 5.92 Å². The van der Waals surface area contributed by atoms with Gasteiger partial charge in [-0.2, -0.15) is 0 Å². The highest BCUT2D eigenvalue weighted by molar-refractivity contribution is 6.06. The first-order valence-electron chi connectivity index (χ1n) is 11.7. The number of amides is 1. The molecule has 172 valence electrons. The number of ether oxygens (including phenoxy) is 1. The van der Waals surface area contributed by atoms with E-state index in [4.69, 9.17) is 9.72 Å². The van der Waals surface area contributed by atoms with Crippen LogP contribution in [0.2, 0.25) is 0 Å². The number of rotatable bonds is 8. The molecule has 2 N–H and O–H groups in total. The number of hydrogen-bond donors (Lipinski definition) is 2. The van der Waals surface area contributed by atoms with Crippen LogP contribution in [0.1, 0.15) is 40.6 Å². The van der Waals surface area contributed by atoms with Crippen molar-refractivity contribution in [1.29, 1.82) is 0 Å². The number of aryl methyl sites for hydroxylation is 1. The van der Waals surface area contributed by atoms with Crippen LogP contribution < -0.4 is 10.6 Å². The van der Waals surface area contributed by atoms with Crippen LogP contribution in [0.3, 0.4) is 0 Å². The third-order valence-electron chi connectivity index (χ3n) is 6.37. The molecule has 1 aliphatic heterocycles. The largest absolute Gasteiger partial charge is 0.379 e. The van der Waals surface area contributed by atoms with Crippen LogP contribution in [0.4, 0.5) is 5.82 Å². The molecule has 1 saturated carbocycles. The Kier molecular flexibility index (Phi) is 6.46. The molecule has 1 unspecified atom stereocenters. The van der Waals surface area contributed by atoms with E-state index in [1.54, 1.807) is 0 Å². The fourth-order valence-electron chi connectivity index (χ4n) is 4.23. The maximum Gasteiger partial charge on any atom is 0.252 e. The molecule has 3 heterocycles. The Balaban J connectivity index is 1.32. The Morgan fingerprint density at radius 1 is 1.15 bits per heavy atom. The van der Waals surface area contributed by atoms with Gasteiger partial charge in [0.25, 0.3) is 5.91 Å². The maximum absolute atomic E-state index is 13.2. The zero-order valence-corrected chi connectivity index (χ0v) is 19.0. The highest BCUT2D eigenvalue weighted by Gasteiger charge is 2.24.